The monoisotopic (exact) mass is 259 g/mol. The fourth-order valence-corrected chi connectivity index (χ4v) is 2.06. The lowest BCUT2D eigenvalue weighted by Gasteiger charge is -2.09. The Morgan fingerprint density at radius 3 is 3.00 bits per heavy atom. The third-order valence-electron chi connectivity index (χ3n) is 2.88. The molecule has 1 aliphatic heterocycles. The van der Waals surface area contributed by atoms with E-state index in [0.717, 1.165) is 16.7 Å². The summed E-state index contributed by atoms with van der Waals surface area (Å²) in [5.41, 5.74) is 1.11. The van der Waals surface area contributed by atoms with Crippen molar-refractivity contribution in [2.24, 2.45) is 0 Å². The molecule has 1 aliphatic rings. The maximum atomic E-state index is 11.8. The third kappa shape index (κ3) is 2.07. The number of pyridine rings is 1. The molecule has 0 atom stereocenters. The summed E-state index contributed by atoms with van der Waals surface area (Å²) in [7, 11) is 0. The van der Waals surface area contributed by atoms with Crippen molar-refractivity contribution in [2.75, 3.05) is 19.8 Å². The van der Waals surface area contributed by atoms with Gasteiger partial charge < -0.3 is 14.2 Å². The van der Waals surface area contributed by atoms with E-state index in [0.29, 0.717) is 24.5 Å². The van der Waals surface area contributed by atoms with Gasteiger partial charge in [0.15, 0.2) is 0 Å². The molecule has 0 saturated heterocycles. The Kier molecular flexibility index (Phi) is 2.95. The summed E-state index contributed by atoms with van der Waals surface area (Å²) in [6.07, 6.45) is 1.49. The van der Waals surface area contributed by atoms with Gasteiger partial charge >= 0.3 is 5.97 Å². The van der Waals surface area contributed by atoms with Crippen LogP contribution in [0.2, 0.25) is 0 Å². The van der Waals surface area contributed by atoms with Gasteiger partial charge in [-0.3, -0.25) is 4.98 Å². The molecule has 98 valence electrons. The maximum absolute atomic E-state index is 11.8. The average Bonchev–Trinajstić information content (AvgIpc) is 2.61. The van der Waals surface area contributed by atoms with Crippen LogP contribution < -0.4 is 9.47 Å². The van der Waals surface area contributed by atoms with Crippen molar-refractivity contribution < 1.29 is 19.0 Å². The van der Waals surface area contributed by atoms with Crippen molar-refractivity contribution in [1.82, 2.24) is 4.98 Å². The van der Waals surface area contributed by atoms with E-state index in [9.17, 15) is 4.79 Å². The van der Waals surface area contributed by atoms with Crippen molar-refractivity contribution >= 4 is 16.9 Å². The van der Waals surface area contributed by atoms with Gasteiger partial charge in [0, 0.05) is 17.6 Å². The number of esters is 1. The zero-order valence-corrected chi connectivity index (χ0v) is 10.5. The minimum absolute atomic E-state index is 0.256. The summed E-state index contributed by atoms with van der Waals surface area (Å²) in [5, 5.41) is 0.791. The van der Waals surface area contributed by atoms with Crippen molar-refractivity contribution in [1.29, 1.82) is 0 Å². The van der Waals surface area contributed by atoms with Crippen LogP contribution in [0.5, 0.6) is 11.5 Å². The van der Waals surface area contributed by atoms with Crippen LogP contribution in [0.3, 0.4) is 0 Å². The van der Waals surface area contributed by atoms with Crippen LogP contribution in [0.15, 0.2) is 24.4 Å². The van der Waals surface area contributed by atoms with Crippen molar-refractivity contribution in [2.45, 2.75) is 6.92 Å². The van der Waals surface area contributed by atoms with Gasteiger partial charge in [0.05, 0.1) is 12.1 Å². The summed E-state index contributed by atoms with van der Waals surface area (Å²) in [6, 6.07) is 5.52. The Labute approximate surface area is 110 Å². The van der Waals surface area contributed by atoms with Crippen molar-refractivity contribution in [3.8, 4) is 11.5 Å². The Morgan fingerprint density at radius 2 is 2.16 bits per heavy atom. The fraction of sp³-hybridized carbons (Fsp3) is 0.286. The lowest BCUT2D eigenvalue weighted by atomic mass is 10.1. The summed E-state index contributed by atoms with van der Waals surface area (Å²) in [6.45, 7) is 3.13. The maximum Gasteiger partial charge on any atom is 0.343 e. The van der Waals surface area contributed by atoms with E-state index in [4.69, 9.17) is 14.2 Å². The number of nitrogens with zero attached hydrogens (tertiary/aromatic N) is 1. The highest BCUT2D eigenvalue weighted by Crippen LogP contribution is 2.32. The predicted octanol–water partition coefficient (Wildman–Crippen LogP) is 2.18. The zero-order chi connectivity index (χ0) is 13.2. The number of hydrogen-bond acceptors (Lipinski definition) is 5. The number of rotatable bonds is 2. The number of fused-ring (bicyclic) bond motifs is 3. The van der Waals surface area contributed by atoms with Crippen LogP contribution in [0.25, 0.3) is 10.9 Å². The molecule has 5 heteroatoms. The molecule has 0 saturated carbocycles. The number of benzene rings is 1. The van der Waals surface area contributed by atoms with Crippen LogP contribution in [0, 0.1) is 0 Å². The van der Waals surface area contributed by atoms with Crippen LogP contribution in [0.4, 0.5) is 0 Å². The van der Waals surface area contributed by atoms with Crippen LogP contribution in [-0.2, 0) is 4.74 Å². The molecule has 0 radical (unpaired) electrons. The second kappa shape index (κ2) is 4.76. The molecule has 19 heavy (non-hydrogen) atoms. The van der Waals surface area contributed by atoms with Gasteiger partial charge in [0.25, 0.3) is 0 Å². The first-order valence-electron chi connectivity index (χ1n) is 6.15. The molecule has 5 nitrogen and oxygen atoms in total. The standard InChI is InChI=1S/C14H13NO4/c1-2-17-9-3-4-10-12(7-9)15-8-11-13(10)18-5-6-19-14(11)16/h3-4,7-8H,2,5-6H2,1H3. The highest BCUT2D eigenvalue weighted by molar-refractivity contribution is 6.00. The van der Waals surface area contributed by atoms with Gasteiger partial charge in [0.1, 0.15) is 30.3 Å². The second-order valence-corrected chi connectivity index (χ2v) is 4.10. The number of cyclic esters (lactones) is 1. The van der Waals surface area contributed by atoms with E-state index in [2.05, 4.69) is 4.98 Å². The Morgan fingerprint density at radius 1 is 1.32 bits per heavy atom. The number of ether oxygens (including phenoxy) is 3. The summed E-state index contributed by atoms with van der Waals surface area (Å²) in [4.78, 5) is 16.0. The molecule has 2 heterocycles. The van der Waals surface area contributed by atoms with Gasteiger partial charge in [0.2, 0.25) is 0 Å². The molecule has 0 spiro atoms. The molecular weight excluding hydrogens is 246 g/mol. The van der Waals surface area contributed by atoms with E-state index in [1.807, 2.05) is 25.1 Å². The van der Waals surface area contributed by atoms with Gasteiger partial charge in [-0.25, -0.2) is 4.79 Å². The topological polar surface area (TPSA) is 57.7 Å². The summed E-state index contributed by atoms with van der Waals surface area (Å²) in [5.74, 6) is 0.894. The molecule has 0 amide bonds. The van der Waals surface area contributed by atoms with Gasteiger partial charge in [-0.1, -0.05) is 0 Å². The Balaban J connectivity index is 2.16. The molecule has 0 N–H and O–H groups in total. The third-order valence-corrected chi connectivity index (χ3v) is 2.88. The quantitative estimate of drug-likeness (QED) is 0.774. The Hall–Kier alpha value is -2.30. The number of aromatic nitrogens is 1. The fourth-order valence-electron chi connectivity index (χ4n) is 2.06. The van der Waals surface area contributed by atoms with E-state index in [1.54, 1.807) is 0 Å². The van der Waals surface area contributed by atoms with Gasteiger partial charge in [-0.05, 0) is 19.1 Å². The van der Waals surface area contributed by atoms with E-state index < -0.39 is 5.97 Å². The van der Waals surface area contributed by atoms with Gasteiger partial charge in [-0.15, -0.1) is 0 Å². The zero-order valence-electron chi connectivity index (χ0n) is 10.5. The molecule has 1 aromatic carbocycles. The molecule has 2 aromatic rings. The Bertz CT molecular complexity index is 639. The lowest BCUT2D eigenvalue weighted by molar-refractivity contribution is 0.0492. The minimum Gasteiger partial charge on any atom is -0.494 e. The molecule has 3 rings (SSSR count). The molecule has 0 bridgehead atoms. The second-order valence-electron chi connectivity index (χ2n) is 4.10. The first kappa shape index (κ1) is 11.8. The highest BCUT2D eigenvalue weighted by atomic mass is 16.6. The summed E-state index contributed by atoms with van der Waals surface area (Å²) >= 11 is 0. The predicted molar refractivity (Wildman–Crippen MR) is 68.7 cm³/mol. The first-order chi connectivity index (χ1) is 9.29. The van der Waals surface area contributed by atoms with Crippen LogP contribution >= 0.6 is 0 Å². The lowest BCUT2D eigenvalue weighted by Crippen LogP contribution is -2.05. The summed E-state index contributed by atoms with van der Waals surface area (Å²) < 4.78 is 16.0. The molecular formula is C14H13NO4. The first-order valence-corrected chi connectivity index (χ1v) is 6.15. The smallest absolute Gasteiger partial charge is 0.343 e. The van der Waals surface area contributed by atoms with Crippen molar-refractivity contribution in [3.05, 3.63) is 30.0 Å². The van der Waals surface area contributed by atoms with E-state index in [1.165, 1.54) is 6.20 Å². The molecule has 0 unspecified atom stereocenters. The van der Waals surface area contributed by atoms with E-state index >= 15 is 0 Å². The number of hydrogen-bond donors (Lipinski definition) is 0. The average molecular weight is 259 g/mol. The largest absolute Gasteiger partial charge is 0.494 e. The number of carbonyl (C=O) groups is 1. The highest BCUT2D eigenvalue weighted by Gasteiger charge is 2.21. The minimum atomic E-state index is -0.393. The number of carbonyl (C=O) groups excluding carboxylic acids is 1. The van der Waals surface area contributed by atoms with Crippen molar-refractivity contribution in [3.63, 3.8) is 0 Å². The molecule has 0 aliphatic carbocycles. The SMILES string of the molecule is CCOc1ccc2c3c(cnc2c1)C(=O)OCCO3. The van der Waals surface area contributed by atoms with Gasteiger partial charge in [-0.2, -0.15) is 0 Å². The van der Waals surface area contributed by atoms with Crippen LogP contribution in [-0.4, -0.2) is 30.8 Å². The van der Waals surface area contributed by atoms with E-state index in [-0.39, 0.29) is 6.61 Å². The molecule has 1 aromatic heterocycles. The van der Waals surface area contributed by atoms with Crippen LogP contribution in [0.1, 0.15) is 17.3 Å². The normalized spacial score (nSPS) is 14.3. The molecule has 0 fully saturated rings.